The third-order valence-corrected chi connectivity index (χ3v) is 0.676. The molecule has 2 amide bonds. The number of amides is 2. The molecule has 0 aromatic heterocycles. The molecule has 1 atom stereocenters. The first-order chi connectivity index (χ1) is 8.11. The Morgan fingerprint density at radius 2 is 2.33 bits per heavy atom. The normalized spacial score (nSPS) is 26.9. The van der Waals surface area contributed by atoms with Crippen molar-refractivity contribution in [3.8, 4) is 0 Å². The number of urea groups is 1. The van der Waals surface area contributed by atoms with Crippen molar-refractivity contribution < 1.29 is 24.3 Å². The van der Waals surface area contributed by atoms with Crippen molar-refractivity contribution in [1.29, 1.82) is 0 Å². The molecular formula is C6H13N3O3. The van der Waals surface area contributed by atoms with Crippen LogP contribution >= 0.6 is 0 Å². The number of carboxylic acids is 1. The molecule has 0 aliphatic rings. The van der Waals surface area contributed by atoms with Crippen LogP contribution in [0.2, 0.25) is 0 Å². The second-order valence-electron chi connectivity index (χ2n) is 1.58. The van der Waals surface area contributed by atoms with Gasteiger partial charge in [-0.3, -0.25) is 4.79 Å². The Hall–Kier alpha value is -1.30. The van der Waals surface area contributed by atoms with Gasteiger partial charge in [-0.25, -0.2) is 4.79 Å². The number of rotatable bonds is 5. The van der Waals surface area contributed by atoms with Crippen LogP contribution in [0.4, 0.5) is 4.79 Å². The topological polar surface area (TPSA) is 118 Å². The molecule has 12 heavy (non-hydrogen) atoms. The van der Waals surface area contributed by atoms with Gasteiger partial charge in [0.05, 0.1) is 1.37 Å². The summed E-state index contributed by atoms with van der Waals surface area (Å²) in [5.41, 5.74) is 9.51. The van der Waals surface area contributed by atoms with Crippen molar-refractivity contribution in [2.75, 3.05) is 6.50 Å². The fraction of sp³-hybridized carbons (Fsp3) is 0.667. The number of carbonyl (C=O) groups excluding carboxylic acids is 1. The summed E-state index contributed by atoms with van der Waals surface area (Å²) in [5, 5.41) is 9.94. The van der Waals surface area contributed by atoms with Gasteiger partial charge in [0.1, 0.15) is 6.02 Å². The number of hydrogen-bond acceptors (Lipinski definition) is 3. The summed E-state index contributed by atoms with van der Waals surface area (Å²) in [6.45, 7) is -3.39. The monoisotopic (exact) mass is 183 g/mol. The average molecular weight is 183 g/mol. The zero-order valence-electron chi connectivity index (χ0n) is 12.9. The van der Waals surface area contributed by atoms with E-state index in [1.165, 1.54) is 5.32 Å². The molecule has 0 saturated heterocycles. The molecule has 0 rings (SSSR count). The van der Waals surface area contributed by atoms with Crippen molar-refractivity contribution >= 4 is 12.0 Å². The van der Waals surface area contributed by atoms with Crippen molar-refractivity contribution in [3.05, 3.63) is 0 Å². The number of carboxylic acid groups (broad SMARTS) is 1. The van der Waals surface area contributed by atoms with Crippen LogP contribution in [0.3, 0.4) is 0 Å². The number of primary amides is 1. The van der Waals surface area contributed by atoms with Gasteiger partial charge in [-0.1, -0.05) is 0 Å². The molecule has 70 valence electrons. The SMILES string of the molecule is [2H]C([2H])(NC(N)=O)C([2H])([2H])C([2H])([2H])[13C]([2H])(N)C(=O)O. The van der Waals surface area contributed by atoms with Gasteiger partial charge in [-0.15, -0.1) is 0 Å². The number of carbonyl (C=O) groups is 2. The fourth-order valence-electron chi connectivity index (χ4n) is 0.245. The van der Waals surface area contributed by atoms with E-state index in [-0.39, 0.29) is 0 Å². The van der Waals surface area contributed by atoms with Gasteiger partial charge in [0, 0.05) is 14.7 Å². The lowest BCUT2D eigenvalue weighted by molar-refractivity contribution is -0.138. The predicted octanol–water partition coefficient (Wildman–Crippen LogP) is -1.15. The molecule has 0 aliphatic carbocycles. The quantitative estimate of drug-likeness (QED) is 0.402. The van der Waals surface area contributed by atoms with E-state index in [0.717, 1.165) is 0 Å². The summed E-state index contributed by atoms with van der Waals surface area (Å²) in [6, 6.07) is -4.98. The molecule has 0 aliphatic heterocycles. The Balaban J connectivity index is 5.75. The van der Waals surface area contributed by atoms with Gasteiger partial charge in [-0.05, 0) is 12.7 Å². The lowest BCUT2D eigenvalue weighted by Crippen LogP contribution is -2.33. The second kappa shape index (κ2) is 5.36. The highest BCUT2D eigenvalue weighted by Gasteiger charge is 2.09. The molecule has 6 N–H and O–H groups in total. The first-order valence-corrected chi connectivity index (χ1v) is 2.71. The van der Waals surface area contributed by atoms with E-state index >= 15 is 0 Å². The zero-order valence-corrected chi connectivity index (χ0v) is 5.92. The minimum atomic E-state index is -3.68. The number of aliphatic carboxylic acids is 1. The molecule has 0 bridgehead atoms. The van der Waals surface area contributed by atoms with E-state index in [0.29, 0.717) is 0 Å². The van der Waals surface area contributed by atoms with E-state index in [2.05, 4.69) is 5.73 Å². The van der Waals surface area contributed by atoms with Gasteiger partial charge in [0.15, 0.2) is 0 Å². The van der Waals surface area contributed by atoms with Gasteiger partial charge in [-0.2, -0.15) is 0 Å². The summed E-state index contributed by atoms with van der Waals surface area (Å²) in [6.07, 6.45) is -7.33. The minimum Gasteiger partial charge on any atom is -0.480 e. The summed E-state index contributed by atoms with van der Waals surface area (Å²) < 4.78 is 51.0. The number of nitrogens with one attached hydrogen (secondary N) is 1. The minimum absolute atomic E-state index is 1.30. The Morgan fingerprint density at radius 1 is 1.75 bits per heavy atom. The van der Waals surface area contributed by atoms with Gasteiger partial charge < -0.3 is 21.9 Å². The second-order valence-corrected chi connectivity index (χ2v) is 1.58. The molecular weight excluding hydrogens is 163 g/mol. The van der Waals surface area contributed by atoms with Crippen molar-refractivity contribution in [2.45, 2.75) is 18.8 Å². The first kappa shape index (κ1) is 3.61. The van der Waals surface area contributed by atoms with E-state index < -0.39 is 37.3 Å². The summed E-state index contributed by atoms with van der Waals surface area (Å²) in [7, 11) is 0. The van der Waals surface area contributed by atoms with Crippen LogP contribution in [0.5, 0.6) is 0 Å². The number of hydrogen-bond donors (Lipinski definition) is 4. The van der Waals surface area contributed by atoms with Crippen LogP contribution in [0, 0.1) is 0 Å². The molecule has 0 radical (unpaired) electrons. The van der Waals surface area contributed by atoms with Crippen LogP contribution in [0.25, 0.3) is 0 Å². The smallest absolute Gasteiger partial charge is 0.320 e. The highest BCUT2D eigenvalue weighted by Crippen LogP contribution is 1.92. The van der Waals surface area contributed by atoms with Gasteiger partial charge in [0.25, 0.3) is 0 Å². The molecule has 0 spiro atoms. The molecule has 0 fully saturated rings. The van der Waals surface area contributed by atoms with E-state index in [1.807, 2.05) is 0 Å². The molecule has 0 aromatic rings. The van der Waals surface area contributed by atoms with Crippen LogP contribution in [0.1, 0.15) is 22.3 Å². The standard InChI is InChI=1S/C6H13N3O3/c7-4(5(10)11)2-1-3-9-6(8)12/h4H,1-3,7H2,(H,10,11)(H3,8,9,12)/i1D2,2D2,3D2,4+1D. The number of nitrogens with two attached hydrogens (primary N) is 2. The maximum Gasteiger partial charge on any atom is 0.320 e. The maximum absolute atomic E-state index is 10.7. The molecule has 1 unspecified atom stereocenters. The highest BCUT2D eigenvalue weighted by molar-refractivity contribution is 5.73. The fourth-order valence-corrected chi connectivity index (χ4v) is 0.245. The largest absolute Gasteiger partial charge is 0.480 e. The molecule has 6 nitrogen and oxygen atoms in total. The maximum atomic E-state index is 10.7. The summed E-state index contributed by atoms with van der Waals surface area (Å²) in [5.74, 6) is -2.20. The van der Waals surface area contributed by atoms with Crippen LogP contribution in [0.15, 0.2) is 0 Å². The molecule has 0 saturated carbocycles. The lowest BCUT2D eigenvalue weighted by atomic mass is 10.3. The summed E-state index contributed by atoms with van der Waals surface area (Å²) >= 11 is 0. The van der Waals surface area contributed by atoms with Gasteiger partial charge in [0.2, 0.25) is 0 Å². The van der Waals surface area contributed by atoms with Crippen molar-refractivity contribution in [3.63, 3.8) is 0 Å². The molecule has 0 aromatic carbocycles. The zero-order chi connectivity index (χ0) is 15.9. The van der Waals surface area contributed by atoms with Crippen LogP contribution < -0.4 is 16.8 Å². The van der Waals surface area contributed by atoms with Crippen molar-refractivity contribution in [1.82, 2.24) is 5.32 Å². The van der Waals surface area contributed by atoms with Crippen LogP contribution in [-0.4, -0.2) is 29.6 Å². The third kappa shape index (κ3) is 5.48. The molecule has 0 heterocycles. The Labute approximate surface area is 79.7 Å². The van der Waals surface area contributed by atoms with E-state index in [9.17, 15) is 9.59 Å². The van der Waals surface area contributed by atoms with E-state index in [1.54, 1.807) is 0 Å². The Kier molecular flexibility index (Phi) is 1.61. The Bertz CT molecular complexity index is 398. The van der Waals surface area contributed by atoms with Crippen molar-refractivity contribution in [2.24, 2.45) is 11.5 Å². The third-order valence-electron chi connectivity index (χ3n) is 0.676. The average Bonchev–Trinajstić information content (AvgIpc) is 2.14. The highest BCUT2D eigenvalue weighted by atomic mass is 16.4. The lowest BCUT2D eigenvalue weighted by Gasteiger charge is -2.05. The van der Waals surface area contributed by atoms with E-state index in [4.69, 9.17) is 20.4 Å². The van der Waals surface area contributed by atoms with Gasteiger partial charge >= 0.3 is 12.0 Å². The van der Waals surface area contributed by atoms with Crippen LogP contribution in [-0.2, 0) is 4.79 Å². The first-order valence-electron chi connectivity index (χ1n) is 6.21. The Morgan fingerprint density at radius 3 is 2.75 bits per heavy atom. The summed E-state index contributed by atoms with van der Waals surface area (Å²) in [4.78, 5) is 21.3. The molecule has 6 heteroatoms. The predicted molar refractivity (Wildman–Crippen MR) is 42.4 cm³/mol.